The molecule has 0 bridgehead atoms. The molecule has 0 aliphatic heterocycles. The highest BCUT2D eigenvalue weighted by Gasteiger charge is 2.52. The largest absolute Gasteiger partial charge is 0.465 e. The van der Waals surface area contributed by atoms with Crippen LogP contribution in [0.2, 0.25) is 0 Å². The molecule has 0 aromatic heterocycles. The lowest BCUT2D eigenvalue weighted by Crippen LogP contribution is -2.39. The summed E-state index contributed by atoms with van der Waals surface area (Å²) in [5.41, 5.74) is 0. The molecule has 1 unspecified atom stereocenters. The van der Waals surface area contributed by atoms with E-state index < -0.39 is 24.0 Å². The first-order chi connectivity index (χ1) is 7.84. The molecule has 0 radical (unpaired) electrons. The van der Waals surface area contributed by atoms with Gasteiger partial charge in [0.2, 0.25) is 5.92 Å². The molecule has 0 spiro atoms. The van der Waals surface area contributed by atoms with Gasteiger partial charge in [0.1, 0.15) is 0 Å². The van der Waals surface area contributed by atoms with Gasteiger partial charge in [-0.3, -0.25) is 9.59 Å². The molecule has 4 nitrogen and oxygen atoms in total. The van der Waals surface area contributed by atoms with Gasteiger partial charge in [0.25, 0.3) is 0 Å². The highest BCUT2D eigenvalue weighted by atomic mass is 19.4. The van der Waals surface area contributed by atoms with Crippen molar-refractivity contribution in [3.63, 3.8) is 0 Å². The van der Waals surface area contributed by atoms with Crippen LogP contribution in [0, 0.1) is 5.92 Å². The lowest BCUT2D eigenvalue weighted by atomic mass is 10.1. The van der Waals surface area contributed by atoms with Crippen LogP contribution in [0.3, 0.4) is 0 Å². The zero-order chi connectivity index (χ0) is 13.5. The fourth-order valence-corrected chi connectivity index (χ4v) is 0.990. The lowest BCUT2D eigenvalue weighted by molar-refractivity contribution is -0.208. The number of halogens is 3. The number of esters is 2. The smallest absolute Gasteiger partial charge is 0.412 e. The lowest BCUT2D eigenvalue weighted by Gasteiger charge is -2.17. The van der Waals surface area contributed by atoms with Crippen LogP contribution in [0.4, 0.5) is 13.2 Å². The van der Waals surface area contributed by atoms with Crippen molar-refractivity contribution < 1.29 is 32.2 Å². The van der Waals surface area contributed by atoms with Crippen LogP contribution < -0.4 is 0 Å². The first-order valence-corrected chi connectivity index (χ1v) is 5.24. The Morgan fingerprint density at radius 3 is 2.06 bits per heavy atom. The Balaban J connectivity index is 4.58. The maximum atomic E-state index is 12.5. The van der Waals surface area contributed by atoms with Gasteiger partial charge in [0, 0.05) is 0 Å². The van der Waals surface area contributed by atoms with Crippen molar-refractivity contribution in [1.29, 1.82) is 0 Å². The number of rotatable bonds is 6. The summed E-state index contributed by atoms with van der Waals surface area (Å²) < 4.78 is 45.9. The average molecular weight is 256 g/mol. The highest BCUT2D eigenvalue weighted by molar-refractivity contribution is 5.95. The molecule has 0 aromatic carbocycles. The van der Waals surface area contributed by atoms with E-state index in [4.69, 9.17) is 0 Å². The molecule has 0 saturated heterocycles. The Morgan fingerprint density at radius 1 is 1.12 bits per heavy atom. The molecule has 17 heavy (non-hydrogen) atoms. The van der Waals surface area contributed by atoms with Crippen LogP contribution >= 0.6 is 0 Å². The summed E-state index contributed by atoms with van der Waals surface area (Å²) in [6.45, 7) is 2.78. The minimum absolute atomic E-state index is 0.138. The van der Waals surface area contributed by atoms with Crippen LogP contribution in [0.5, 0.6) is 0 Å². The summed E-state index contributed by atoms with van der Waals surface area (Å²) in [6.07, 6.45) is -3.88. The van der Waals surface area contributed by atoms with E-state index in [0.717, 1.165) is 0 Å². The van der Waals surface area contributed by atoms with E-state index in [2.05, 4.69) is 9.47 Å². The van der Waals surface area contributed by atoms with Crippen molar-refractivity contribution in [2.24, 2.45) is 5.92 Å². The van der Waals surface area contributed by atoms with Crippen molar-refractivity contribution in [2.45, 2.75) is 32.9 Å². The summed E-state index contributed by atoms with van der Waals surface area (Å²) in [5.74, 6) is -6.08. The van der Waals surface area contributed by atoms with Gasteiger partial charge >= 0.3 is 18.1 Å². The van der Waals surface area contributed by atoms with Crippen LogP contribution in [0.1, 0.15) is 26.7 Å². The topological polar surface area (TPSA) is 52.6 Å². The monoisotopic (exact) mass is 256 g/mol. The standard InChI is InChI=1S/C10H15F3O4/c1-3-5-6-17-9(15)7(10(11,12)13)8(14)16-4-2/h7H,3-6H2,1-2H3. The number of carbonyl (C=O) groups excluding carboxylic acids is 2. The van der Waals surface area contributed by atoms with Gasteiger partial charge in [-0.2, -0.15) is 13.2 Å². The zero-order valence-corrected chi connectivity index (χ0v) is 9.67. The second-order valence-electron chi connectivity index (χ2n) is 3.25. The first-order valence-electron chi connectivity index (χ1n) is 5.24. The molecule has 0 N–H and O–H groups in total. The SMILES string of the molecule is CCCCOC(=O)C(C(=O)OCC)C(F)(F)F. The molecule has 1 atom stereocenters. The van der Waals surface area contributed by atoms with E-state index in [1.165, 1.54) is 6.92 Å². The normalized spacial score (nSPS) is 13.0. The number of ether oxygens (including phenoxy) is 2. The molecule has 0 aliphatic carbocycles. The molecule has 100 valence electrons. The Labute approximate surface area is 97.1 Å². The maximum absolute atomic E-state index is 12.5. The number of alkyl halides is 3. The summed E-state index contributed by atoms with van der Waals surface area (Å²) in [5, 5.41) is 0. The van der Waals surface area contributed by atoms with E-state index in [-0.39, 0.29) is 13.2 Å². The molecule has 0 amide bonds. The van der Waals surface area contributed by atoms with Gasteiger partial charge in [-0.15, -0.1) is 0 Å². The minimum Gasteiger partial charge on any atom is -0.465 e. The molecule has 0 aliphatic rings. The predicted octanol–water partition coefficient (Wildman–Crippen LogP) is 2.07. The molecule has 0 saturated carbocycles. The van der Waals surface area contributed by atoms with Gasteiger partial charge in [0.15, 0.2) is 0 Å². The third kappa shape index (κ3) is 5.55. The third-order valence-corrected chi connectivity index (χ3v) is 1.83. The van der Waals surface area contributed by atoms with Crippen molar-refractivity contribution in [3.8, 4) is 0 Å². The Morgan fingerprint density at radius 2 is 1.65 bits per heavy atom. The maximum Gasteiger partial charge on any atom is 0.412 e. The van der Waals surface area contributed by atoms with Gasteiger partial charge in [-0.05, 0) is 13.3 Å². The van der Waals surface area contributed by atoms with Crippen molar-refractivity contribution >= 4 is 11.9 Å². The van der Waals surface area contributed by atoms with Gasteiger partial charge in [0.05, 0.1) is 13.2 Å². The van der Waals surface area contributed by atoms with E-state index in [9.17, 15) is 22.8 Å². The minimum atomic E-state index is -4.99. The van der Waals surface area contributed by atoms with E-state index in [1.807, 2.05) is 0 Å². The molecule has 0 rings (SSSR count). The summed E-state index contributed by atoms with van der Waals surface area (Å²) in [6, 6.07) is 0. The predicted molar refractivity (Wildman–Crippen MR) is 52.0 cm³/mol. The molecule has 0 aromatic rings. The summed E-state index contributed by atoms with van der Waals surface area (Å²) in [4.78, 5) is 22.2. The van der Waals surface area contributed by atoms with Crippen molar-refractivity contribution in [1.82, 2.24) is 0 Å². The molecule has 0 fully saturated rings. The molecular weight excluding hydrogens is 241 g/mol. The van der Waals surface area contributed by atoms with Crippen LogP contribution in [0.25, 0.3) is 0 Å². The van der Waals surface area contributed by atoms with Gasteiger partial charge < -0.3 is 9.47 Å². The Kier molecular flexibility index (Phi) is 6.60. The van der Waals surface area contributed by atoms with E-state index >= 15 is 0 Å². The van der Waals surface area contributed by atoms with Crippen LogP contribution in [-0.2, 0) is 19.1 Å². The molecule has 7 heteroatoms. The first kappa shape index (κ1) is 15.7. The quantitative estimate of drug-likeness (QED) is 0.414. The van der Waals surface area contributed by atoms with E-state index in [0.29, 0.717) is 12.8 Å². The highest BCUT2D eigenvalue weighted by Crippen LogP contribution is 2.28. The molecular formula is C10H15F3O4. The third-order valence-electron chi connectivity index (χ3n) is 1.83. The molecule has 0 heterocycles. The number of hydrogen-bond donors (Lipinski definition) is 0. The van der Waals surface area contributed by atoms with Crippen LogP contribution in [-0.4, -0.2) is 31.3 Å². The van der Waals surface area contributed by atoms with Crippen molar-refractivity contribution in [2.75, 3.05) is 13.2 Å². The van der Waals surface area contributed by atoms with Crippen LogP contribution in [0.15, 0.2) is 0 Å². The van der Waals surface area contributed by atoms with Gasteiger partial charge in [-0.1, -0.05) is 13.3 Å². The summed E-state index contributed by atoms with van der Waals surface area (Å²) in [7, 11) is 0. The fourth-order valence-electron chi connectivity index (χ4n) is 0.990. The average Bonchev–Trinajstić information content (AvgIpc) is 2.16. The fraction of sp³-hybridized carbons (Fsp3) is 0.800. The Bertz CT molecular complexity index is 263. The second kappa shape index (κ2) is 7.13. The second-order valence-corrected chi connectivity index (χ2v) is 3.25. The summed E-state index contributed by atoms with van der Waals surface area (Å²) >= 11 is 0. The Hall–Kier alpha value is -1.27. The number of unbranched alkanes of at least 4 members (excludes halogenated alkanes) is 1. The zero-order valence-electron chi connectivity index (χ0n) is 9.67. The number of carbonyl (C=O) groups is 2. The van der Waals surface area contributed by atoms with E-state index in [1.54, 1.807) is 6.92 Å². The van der Waals surface area contributed by atoms with Gasteiger partial charge in [-0.25, -0.2) is 0 Å². The number of hydrogen-bond acceptors (Lipinski definition) is 4. The van der Waals surface area contributed by atoms with Crippen molar-refractivity contribution in [3.05, 3.63) is 0 Å².